The van der Waals surface area contributed by atoms with Crippen molar-refractivity contribution in [2.45, 2.75) is 46.0 Å². The number of hydrogen-bond donors (Lipinski definition) is 1. The third kappa shape index (κ3) is 4.42. The van der Waals surface area contributed by atoms with Crippen LogP contribution in [0, 0.1) is 11.3 Å². The molecule has 1 aliphatic carbocycles. The molecule has 2 fully saturated rings. The third-order valence-electron chi connectivity index (χ3n) is 4.56. The second-order valence-corrected chi connectivity index (χ2v) is 6.19. The fourth-order valence-corrected chi connectivity index (χ4v) is 3.18. The Morgan fingerprint density at radius 3 is 2.35 bits per heavy atom. The summed E-state index contributed by atoms with van der Waals surface area (Å²) < 4.78 is 0. The fourth-order valence-electron chi connectivity index (χ4n) is 3.18. The molecule has 3 heteroatoms. The fraction of sp³-hybridized carbons (Fsp3) is 1.00. The van der Waals surface area contributed by atoms with Crippen LogP contribution >= 0.6 is 12.4 Å². The molecule has 2 aliphatic rings. The Bertz CT molecular complexity index is 208. The third-order valence-corrected chi connectivity index (χ3v) is 4.56. The minimum atomic E-state index is 0. The molecule has 102 valence electrons. The Morgan fingerprint density at radius 2 is 1.88 bits per heavy atom. The first-order chi connectivity index (χ1) is 7.72. The van der Waals surface area contributed by atoms with E-state index in [4.69, 9.17) is 0 Å². The number of rotatable bonds is 5. The number of halogens is 1. The lowest BCUT2D eigenvalue weighted by Crippen LogP contribution is -2.44. The molecule has 0 amide bonds. The second-order valence-electron chi connectivity index (χ2n) is 6.19. The highest BCUT2D eigenvalue weighted by atomic mass is 35.5. The van der Waals surface area contributed by atoms with Gasteiger partial charge >= 0.3 is 0 Å². The zero-order valence-electron chi connectivity index (χ0n) is 11.5. The van der Waals surface area contributed by atoms with Crippen molar-refractivity contribution >= 4 is 12.4 Å². The van der Waals surface area contributed by atoms with Gasteiger partial charge in [-0.25, -0.2) is 0 Å². The van der Waals surface area contributed by atoms with Crippen molar-refractivity contribution in [2.24, 2.45) is 11.3 Å². The molecular formula is C14H29ClN2. The molecule has 1 heterocycles. The van der Waals surface area contributed by atoms with E-state index in [1.807, 2.05) is 0 Å². The number of hydrogen-bond acceptors (Lipinski definition) is 2. The van der Waals surface area contributed by atoms with Crippen molar-refractivity contribution in [1.29, 1.82) is 0 Å². The molecule has 0 unspecified atom stereocenters. The van der Waals surface area contributed by atoms with E-state index in [-0.39, 0.29) is 12.4 Å². The van der Waals surface area contributed by atoms with E-state index in [2.05, 4.69) is 24.1 Å². The predicted octanol–water partition coefficient (Wildman–Crippen LogP) is 2.92. The lowest BCUT2D eigenvalue weighted by atomic mass is 9.70. The molecule has 17 heavy (non-hydrogen) atoms. The lowest BCUT2D eigenvalue weighted by Gasteiger charge is -2.44. The zero-order valence-corrected chi connectivity index (χ0v) is 12.3. The first-order valence-electron chi connectivity index (χ1n) is 7.15. The van der Waals surface area contributed by atoms with Crippen molar-refractivity contribution in [1.82, 2.24) is 10.2 Å². The number of nitrogens with one attached hydrogen (secondary N) is 1. The van der Waals surface area contributed by atoms with Gasteiger partial charge in [0, 0.05) is 6.54 Å². The van der Waals surface area contributed by atoms with Crippen LogP contribution in [0.3, 0.4) is 0 Å². The van der Waals surface area contributed by atoms with E-state index in [0.717, 1.165) is 12.5 Å². The van der Waals surface area contributed by atoms with Crippen LogP contribution in [0.15, 0.2) is 0 Å². The van der Waals surface area contributed by atoms with Gasteiger partial charge in [0.05, 0.1) is 0 Å². The largest absolute Gasteiger partial charge is 0.317 e. The highest BCUT2D eigenvalue weighted by Gasteiger charge is 2.34. The smallest absolute Gasteiger partial charge is 0.00353 e. The van der Waals surface area contributed by atoms with Gasteiger partial charge in [0.1, 0.15) is 0 Å². The van der Waals surface area contributed by atoms with Crippen LogP contribution in [-0.4, -0.2) is 37.6 Å². The minimum absolute atomic E-state index is 0. The quantitative estimate of drug-likeness (QED) is 0.818. The summed E-state index contributed by atoms with van der Waals surface area (Å²) in [6.45, 7) is 11.1. The molecule has 2 nitrogen and oxygen atoms in total. The average molecular weight is 261 g/mol. The number of piperidine rings is 1. The SMILES string of the molecule is CCNCC1CCN(CC2(C)CCC2)CC1.Cl. The summed E-state index contributed by atoms with van der Waals surface area (Å²) in [5.41, 5.74) is 0.675. The Hall–Kier alpha value is 0.210. The standard InChI is InChI=1S/C14H28N2.ClH/c1-3-15-11-13-5-9-16(10-6-13)12-14(2)7-4-8-14;/h13,15H,3-12H2,1-2H3;1H. The van der Waals surface area contributed by atoms with Gasteiger partial charge in [0.2, 0.25) is 0 Å². The van der Waals surface area contributed by atoms with E-state index in [1.54, 1.807) is 0 Å². The van der Waals surface area contributed by atoms with Crippen molar-refractivity contribution < 1.29 is 0 Å². The maximum absolute atomic E-state index is 3.48. The van der Waals surface area contributed by atoms with Crippen LogP contribution in [-0.2, 0) is 0 Å². The summed E-state index contributed by atoms with van der Waals surface area (Å²) in [7, 11) is 0. The molecule has 0 atom stereocenters. The first kappa shape index (κ1) is 15.3. The first-order valence-corrected chi connectivity index (χ1v) is 7.15. The van der Waals surface area contributed by atoms with Crippen LogP contribution in [0.25, 0.3) is 0 Å². The summed E-state index contributed by atoms with van der Waals surface area (Å²) in [5.74, 6) is 0.936. The van der Waals surface area contributed by atoms with E-state index in [9.17, 15) is 0 Å². The molecule has 0 bridgehead atoms. The normalized spacial score (nSPS) is 25.1. The average Bonchev–Trinajstić information content (AvgIpc) is 2.26. The van der Waals surface area contributed by atoms with Crippen LogP contribution in [0.2, 0.25) is 0 Å². The van der Waals surface area contributed by atoms with Gasteiger partial charge in [-0.15, -0.1) is 12.4 Å². The van der Waals surface area contributed by atoms with Crippen molar-refractivity contribution in [3.05, 3.63) is 0 Å². The topological polar surface area (TPSA) is 15.3 Å². The molecule has 2 rings (SSSR count). The summed E-state index contributed by atoms with van der Waals surface area (Å²) in [6.07, 6.45) is 7.20. The zero-order chi connectivity index (χ0) is 11.4. The molecule has 0 radical (unpaired) electrons. The van der Waals surface area contributed by atoms with E-state index in [0.29, 0.717) is 5.41 Å². The molecule has 1 saturated carbocycles. The minimum Gasteiger partial charge on any atom is -0.317 e. The summed E-state index contributed by atoms with van der Waals surface area (Å²) >= 11 is 0. The molecule has 0 aromatic rings. The molecule has 0 spiro atoms. The van der Waals surface area contributed by atoms with Gasteiger partial charge in [-0.2, -0.15) is 0 Å². The molecular weight excluding hydrogens is 232 g/mol. The van der Waals surface area contributed by atoms with Crippen molar-refractivity contribution in [3.8, 4) is 0 Å². The Kier molecular flexibility index (Phi) is 6.25. The van der Waals surface area contributed by atoms with Crippen LogP contribution < -0.4 is 5.32 Å². The van der Waals surface area contributed by atoms with Gasteiger partial charge in [-0.1, -0.05) is 20.3 Å². The molecule has 0 aromatic carbocycles. The number of nitrogens with zero attached hydrogens (tertiary/aromatic N) is 1. The Labute approximate surface area is 113 Å². The second kappa shape index (κ2) is 6.96. The molecule has 1 saturated heterocycles. The Morgan fingerprint density at radius 1 is 1.24 bits per heavy atom. The van der Waals surface area contributed by atoms with Crippen LogP contribution in [0.5, 0.6) is 0 Å². The monoisotopic (exact) mass is 260 g/mol. The predicted molar refractivity (Wildman–Crippen MR) is 76.9 cm³/mol. The van der Waals surface area contributed by atoms with Crippen molar-refractivity contribution in [2.75, 3.05) is 32.7 Å². The highest BCUT2D eigenvalue weighted by molar-refractivity contribution is 5.85. The van der Waals surface area contributed by atoms with E-state index < -0.39 is 0 Å². The van der Waals surface area contributed by atoms with Gasteiger partial charge < -0.3 is 10.2 Å². The van der Waals surface area contributed by atoms with E-state index >= 15 is 0 Å². The number of likely N-dealkylation sites (tertiary alicyclic amines) is 1. The summed E-state index contributed by atoms with van der Waals surface area (Å²) in [5, 5.41) is 3.48. The van der Waals surface area contributed by atoms with Gasteiger partial charge in [-0.05, 0) is 63.2 Å². The maximum Gasteiger partial charge on any atom is 0.00353 e. The molecule has 1 N–H and O–H groups in total. The van der Waals surface area contributed by atoms with Gasteiger partial charge in [-0.3, -0.25) is 0 Å². The van der Waals surface area contributed by atoms with E-state index in [1.165, 1.54) is 58.3 Å². The molecule has 1 aliphatic heterocycles. The highest BCUT2D eigenvalue weighted by Crippen LogP contribution is 2.41. The maximum atomic E-state index is 3.48. The van der Waals surface area contributed by atoms with Gasteiger partial charge in [0.15, 0.2) is 0 Å². The summed E-state index contributed by atoms with van der Waals surface area (Å²) in [4.78, 5) is 2.71. The molecule has 0 aromatic heterocycles. The Balaban J connectivity index is 0.00000144. The lowest BCUT2D eigenvalue weighted by molar-refractivity contribution is 0.0638. The summed E-state index contributed by atoms with van der Waals surface area (Å²) in [6, 6.07) is 0. The van der Waals surface area contributed by atoms with Crippen LogP contribution in [0.1, 0.15) is 46.0 Å². The van der Waals surface area contributed by atoms with Crippen molar-refractivity contribution in [3.63, 3.8) is 0 Å². The van der Waals surface area contributed by atoms with Gasteiger partial charge in [0.25, 0.3) is 0 Å². The van der Waals surface area contributed by atoms with Crippen LogP contribution in [0.4, 0.5) is 0 Å².